The first-order valence-electron chi connectivity index (χ1n) is 6.98. The van der Waals surface area contributed by atoms with Gasteiger partial charge in [-0.15, -0.1) is 0 Å². The van der Waals surface area contributed by atoms with Crippen LogP contribution in [-0.4, -0.2) is 31.9 Å². The Labute approximate surface area is 124 Å². The average Bonchev–Trinajstić information content (AvgIpc) is 2.49. The van der Waals surface area contributed by atoms with E-state index in [4.69, 9.17) is 5.73 Å². The number of hydrogen-bond donors (Lipinski definition) is 1. The van der Waals surface area contributed by atoms with Gasteiger partial charge in [0.05, 0.1) is 4.90 Å². The molecule has 0 aliphatic heterocycles. The quantitative estimate of drug-likeness (QED) is 0.926. The molecule has 118 valence electrons. The standard InChI is InChI=1S/C14H20F2N2O2S/c1-18(14(10-17)7-3-2-4-8-14)21(19,20)11-5-6-12(15)13(16)9-11/h5-6,9H,2-4,7-8,10,17H2,1H3. The average molecular weight is 318 g/mol. The second-order valence-electron chi connectivity index (χ2n) is 5.54. The zero-order valence-corrected chi connectivity index (χ0v) is 12.8. The molecule has 2 rings (SSSR count). The van der Waals surface area contributed by atoms with Crippen LogP contribution < -0.4 is 5.73 Å². The molecule has 21 heavy (non-hydrogen) atoms. The summed E-state index contributed by atoms with van der Waals surface area (Å²) in [5, 5.41) is 0. The Kier molecular flexibility index (Phi) is 4.65. The molecule has 0 unspecified atom stereocenters. The highest BCUT2D eigenvalue weighted by atomic mass is 32.2. The van der Waals surface area contributed by atoms with Crippen LogP contribution in [-0.2, 0) is 10.0 Å². The zero-order valence-electron chi connectivity index (χ0n) is 12.0. The molecule has 1 aromatic carbocycles. The van der Waals surface area contributed by atoms with Gasteiger partial charge in [0, 0.05) is 19.1 Å². The Morgan fingerprint density at radius 1 is 1.19 bits per heavy atom. The molecule has 7 heteroatoms. The van der Waals surface area contributed by atoms with E-state index >= 15 is 0 Å². The Morgan fingerprint density at radius 2 is 1.81 bits per heavy atom. The van der Waals surface area contributed by atoms with Gasteiger partial charge < -0.3 is 5.73 Å². The van der Waals surface area contributed by atoms with Crippen molar-refractivity contribution in [2.75, 3.05) is 13.6 Å². The molecule has 1 saturated carbocycles. The van der Waals surface area contributed by atoms with Crippen molar-refractivity contribution in [3.05, 3.63) is 29.8 Å². The lowest BCUT2D eigenvalue weighted by atomic mass is 9.82. The van der Waals surface area contributed by atoms with E-state index in [0.717, 1.165) is 31.4 Å². The van der Waals surface area contributed by atoms with Crippen LogP contribution in [0.5, 0.6) is 0 Å². The van der Waals surface area contributed by atoms with Crippen molar-refractivity contribution >= 4 is 10.0 Å². The third kappa shape index (κ3) is 2.95. The summed E-state index contributed by atoms with van der Waals surface area (Å²) >= 11 is 0. The van der Waals surface area contributed by atoms with Crippen molar-refractivity contribution in [1.82, 2.24) is 4.31 Å². The predicted molar refractivity (Wildman–Crippen MR) is 76.2 cm³/mol. The van der Waals surface area contributed by atoms with Crippen LogP contribution in [0.3, 0.4) is 0 Å². The second-order valence-corrected chi connectivity index (χ2v) is 7.51. The fraction of sp³-hybridized carbons (Fsp3) is 0.571. The topological polar surface area (TPSA) is 63.4 Å². The van der Waals surface area contributed by atoms with Crippen molar-refractivity contribution in [3.63, 3.8) is 0 Å². The molecule has 1 aliphatic carbocycles. The minimum atomic E-state index is -3.90. The van der Waals surface area contributed by atoms with Crippen molar-refractivity contribution in [2.24, 2.45) is 5.73 Å². The molecule has 2 N–H and O–H groups in total. The summed E-state index contributed by atoms with van der Waals surface area (Å²) in [6.07, 6.45) is 4.25. The third-order valence-electron chi connectivity index (χ3n) is 4.38. The Hall–Kier alpha value is -1.05. The molecule has 0 saturated heterocycles. The Bertz CT molecular complexity index is 613. The van der Waals surface area contributed by atoms with Crippen LogP contribution in [0.2, 0.25) is 0 Å². The number of likely N-dealkylation sites (N-methyl/N-ethyl adjacent to an activating group) is 1. The number of sulfonamides is 1. The molecule has 1 aromatic rings. The first-order chi connectivity index (χ1) is 9.83. The molecular formula is C14H20F2N2O2S. The van der Waals surface area contributed by atoms with Gasteiger partial charge in [-0.3, -0.25) is 0 Å². The van der Waals surface area contributed by atoms with Gasteiger partial charge in [0.2, 0.25) is 10.0 Å². The Morgan fingerprint density at radius 3 is 2.33 bits per heavy atom. The van der Waals surface area contributed by atoms with Crippen LogP contribution in [0.15, 0.2) is 23.1 Å². The van der Waals surface area contributed by atoms with E-state index in [-0.39, 0.29) is 11.4 Å². The maximum absolute atomic E-state index is 13.3. The van der Waals surface area contributed by atoms with Crippen LogP contribution in [0.25, 0.3) is 0 Å². The van der Waals surface area contributed by atoms with Gasteiger partial charge in [0.15, 0.2) is 11.6 Å². The monoisotopic (exact) mass is 318 g/mol. The van der Waals surface area contributed by atoms with Gasteiger partial charge in [0.1, 0.15) is 0 Å². The largest absolute Gasteiger partial charge is 0.329 e. The summed E-state index contributed by atoms with van der Waals surface area (Å²) in [7, 11) is -2.43. The van der Waals surface area contributed by atoms with E-state index in [1.54, 1.807) is 0 Å². The molecule has 1 fully saturated rings. The molecule has 0 heterocycles. The van der Waals surface area contributed by atoms with Crippen LogP contribution in [0.4, 0.5) is 8.78 Å². The van der Waals surface area contributed by atoms with Gasteiger partial charge >= 0.3 is 0 Å². The summed E-state index contributed by atoms with van der Waals surface area (Å²) in [4.78, 5) is -0.248. The first-order valence-corrected chi connectivity index (χ1v) is 8.42. The summed E-state index contributed by atoms with van der Waals surface area (Å²) in [5.74, 6) is -2.24. The van der Waals surface area contributed by atoms with E-state index in [1.165, 1.54) is 11.4 Å². The van der Waals surface area contributed by atoms with E-state index < -0.39 is 27.2 Å². The number of hydrogen-bond acceptors (Lipinski definition) is 3. The van der Waals surface area contributed by atoms with Gasteiger partial charge in [-0.05, 0) is 31.0 Å². The Balaban J connectivity index is 2.39. The number of nitrogens with two attached hydrogens (primary N) is 1. The third-order valence-corrected chi connectivity index (χ3v) is 6.34. The molecule has 0 spiro atoms. The van der Waals surface area contributed by atoms with E-state index in [9.17, 15) is 17.2 Å². The van der Waals surface area contributed by atoms with E-state index in [0.29, 0.717) is 18.9 Å². The summed E-state index contributed by atoms with van der Waals surface area (Å²) in [6, 6.07) is 2.62. The lowest BCUT2D eigenvalue weighted by Gasteiger charge is -2.42. The van der Waals surface area contributed by atoms with Gasteiger partial charge in [-0.2, -0.15) is 4.31 Å². The predicted octanol–water partition coefficient (Wildman–Crippen LogP) is 2.25. The maximum atomic E-state index is 13.3. The second kappa shape index (κ2) is 5.98. The molecule has 0 amide bonds. The lowest BCUT2D eigenvalue weighted by Crippen LogP contribution is -2.55. The van der Waals surface area contributed by atoms with Crippen molar-refractivity contribution in [3.8, 4) is 0 Å². The van der Waals surface area contributed by atoms with E-state index in [1.807, 2.05) is 0 Å². The molecule has 0 bridgehead atoms. The lowest BCUT2D eigenvalue weighted by molar-refractivity contribution is 0.159. The highest BCUT2D eigenvalue weighted by Crippen LogP contribution is 2.35. The first kappa shape index (κ1) is 16.3. The maximum Gasteiger partial charge on any atom is 0.243 e. The van der Waals surface area contributed by atoms with Crippen molar-refractivity contribution < 1.29 is 17.2 Å². The fourth-order valence-corrected chi connectivity index (χ4v) is 4.48. The normalized spacial score (nSPS) is 18.9. The van der Waals surface area contributed by atoms with Gasteiger partial charge in [-0.25, -0.2) is 17.2 Å². The number of nitrogens with zero attached hydrogens (tertiary/aromatic N) is 1. The molecule has 4 nitrogen and oxygen atoms in total. The van der Waals surface area contributed by atoms with Gasteiger partial charge in [-0.1, -0.05) is 19.3 Å². The minimum Gasteiger partial charge on any atom is -0.329 e. The SMILES string of the molecule is CN(C1(CN)CCCCC1)S(=O)(=O)c1ccc(F)c(F)c1. The zero-order chi connectivity index (χ0) is 15.7. The number of benzene rings is 1. The fourth-order valence-electron chi connectivity index (χ4n) is 2.91. The molecule has 0 radical (unpaired) electrons. The summed E-state index contributed by atoms with van der Waals surface area (Å²) in [5.41, 5.74) is 5.19. The van der Waals surface area contributed by atoms with Crippen LogP contribution in [0, 0.1) is 11.6 Å². The summed E-state index contributed by atoms with van der Waals surface area (Å²) in [6.45, 7) is 0.215. The summed E-state index contributed by atoms with van der Waals surface area (Å²) < 4.78 is 52.8. The smallest absolute Gasteiger partial charge is 0.243 e. The number of halogens is 2. The van der Waals surface area contributed by atoms with Crippen LogP contribution in [0.1, 0.15) is 32.1 Å². The van der Waals surface area contributed by atoms with Gasteiger partial charge in [0.25, 0.3) is 0 Å². The van der Waals surface area contributed by atoms with Crippen LogP contribution >= 0.6 is 0 Å². The highest BCUT2D eigenvalue weighted by molar-refractivity contribution is 7.89. The molecular weight excluding hydrogens is 298 g/mol. The molecule has 1 aliphatic rings. The van der Waals surface area contributed by atoms with Crippen molar-refractivity contribution in [1.29, 1.82) is 0 Å². The number of rotatable bonds is 4. The van der Waals surface area contributed by atoms with E-state index in [2.05, 4.69) is 0 Å². The van der Waals surface area contributed by atoms with Crippen molar-refractivity contribution in [2.45, 2.75) is 42.5 Å². The minimum absolute atomic E-state index is 0.215. The molecule has 0 atom stereocenters. The highest BCUT2D eigenvalue weighted by Gasteiger charge is 2.41. The molecule has 0 aromatic heterocycles.